The summed E-state index contributed by atoms with van der Waals surface area (Å²) < 4.78 is 0. The van der Waals surface area contributed by atoms with Crippen molar-refractivity contribution in [3.63, 3.8) is 0 Å². The van der Waals surface area contributed by atoms with Crippen molar-refractivity contribution < 1.29 is 5.11 Å². The maximum Gasteiger partial charge on any atom is 0.272 e. The van der Waals surface area contributed by atoms with Gasteiger partial charge in [0.2, 0.25) is 0 Å². The van der Waals surface area contributed by atoms with Gasteiger partial charge < -0.3 is 10.0 Å². The fourth-order valence-electron chi connectivity index (χ4n) is 1.65. The minimum atomic E-state index is -0.197. The number of nitrogens with zero attached hydrogens (tertiary/aromatic N) is 2. The molecule has 0 spiro atoms. The Balaban J connectivity index is 2.63. The van der Waals surface area contributed by atoms with Crippen LogP contribution in [0.15, 0.2) is 29.1 Å². The topological polar surface area (TPSA) is 69.2 Å². The second kappa shape index (κ2) is 4.32. The third-order valence-corrected chi connectivity index (χ3v) is 2.47. The van der Waals surface area contributed by atoms with Crippen molar-refractivity contribution >= 4 is 16.6 Å². The number of H-pyrrole nitrogens is 1. The van der Waals surface area contributed by atoms with Gasteiger partial charge in [0.05, 0.1) is 12.0 Å². The minimum Gasteiger partial charge on any atom is -0.395 e. The van der Waals surface area contributed by atoms with E-state index in [9.17, 15) is 4.79 Å². The molecule has 5 nitrogen and oxygen atoms in total. The van der Waals surface area contributed by atoms with E-state index in [2.05, 4.69) is 10.2 Å². The van der Waals surface area contributed by atoms with Crippen LogP contribution in [0, 0.1) is 0 Å². The molecule has 0 fully saturated rings. The monoisotopic (exact) mass is 219 g/mol. The van der Waals surface area contributed by atoms with Crippen LogP contribution in [0.3, 0.4) is 0 Å². The molecule has 1 heterocycles. The standard InChI is InChI=1S/C11H13N3O2/c1-14(6-7-15)10-8-4-2-3-5-9(8)11(16)13-12-10/h2-5,15H,6-7H2,1H3,(H,13,16). The average Bonchev–Trinajstić information content (AvgIpc) is 2.30. The molecule has 0 aliphatic rings. The maximum atomic E-state index is 11.5. The first-order chi connectivity index (χ1) is 7.74. The molecule has 0 aliphatic carbocycles. The van der Waals surface area contributed by atoms with E-state index in [1.807, 2.05) is 25.2 Å². The second-order valence-corrected chi connectivity index (χ2v) is 3.57. The highest BCUT2D eigenvalue weighted by Crippen LogP contribution is 2.19. The molecule has 2 rings (SSSR count). The number of aliphatic hydroxyl groups is 1. The van der Waals surface area contributed by atoms with Crippen LogP contribution in [0.2, 0.25) is 0 Å². The number of hydrogen-bond acceptors (Lipinski definition) is 4. The second-order valence-electron chi connectivity index (χ2n) is 3.57. The summed E-state index contributed by atoms with van der Waals surface area (Å²) in [6.07, 6.45) is 0. The summed E-state index contributed by atoms with van der Waals surface area (Å²) in [5.41, 5.74) is -0.197. The molecule has 0 unspecified atom stereocenters. The summed E-state index contributed by atoms with van der Waals surface area (Å²) in [5, 5.41) is 16.7. The fourth-order valence-corrected chi connectivity index (χ4v) is 1.65. The van der Waals surface area contributed by atoms with Crippen LogP contribution in [0.4, 0.5) is 5.82 Å². The third-order valence-electron chi connectivity index (χ3n) is 2.47. The lowest BCUT2D eigenvalue weighted by atomic mass is 10.2. The number of hydrogen-bond donors (Lipinski definition) is 2. The molecule has 0 amide bonds. The number of likely N-dealkylation sites (N-methyl/N-ethyl adjacent to an activating group) is 1. The molecule has 2 aromatic rings. The van der Waals surface area contributed by atoms with E-state index in [-0.39, 0.29) is 12.2 Å². The SMILES string of the molecule is CN(CCO)c1n[nH]c(=O)c2ccccc12. The Kier molecular flexibility index (Phi) is 2.87. The van der Waals surface area contributed by atoms with Crippen molar-refractivity contribution in [2.75, 3.05) is 25.1 Å². The highest BCUT2D eigenvalue weighted by molar-refractivity contribution is 5.91. The molecular weight excluding hydrogens is 206 g/mol. The highest BCUT2D eigenvalue weighted by Gasteiger charge is 2.09. The predicted molar refractivity (Wildman–Crippen MR) is 62.7 cm³/mol. The van der Waals surface area contributed by atoms with Gasteiger partial charge in [0.15, 0.2) is 5.82 Å². The maximum absolute atomic E-state index is 11.5. The molecule has 5 heteroatoms. The van der Waals surface area contributed by atoms with Crippen molar-refractivity contribution in [2.24, 2.45) is 0 Å². The number of anilines is 1. The Bertz CT molecular complexity index is 550. The van der Waals surface area contributed by atoms with Crippen LogP contribution >= 0.6 is 0 Å². The van der Waals surface area contributed by atoms with Crippen LogP contribution in [-0.2, 0) is 0 Å². The summed E-state index contributed by atoms with van der Waals surface area (Å²) in [6.45, 7) is 0.522. The molecule has 84 valence electrons. The van der Waals surface area contributed by atoms with Gasteiger partial charge in [-0.25, -0.2) is 5.10 Å². The molecule has 2 N–H and O–H groups in total. The van der Waals surface area contributed by atoms with Crippen molar-refractivity contribution in [1.29, 1.82) is 0 Å². The van der Waals surface area contributed by atoms with E-state index in [1.54, 1.807) is 11.0 Å². The third kappa shape index (κ3) is 1.77. The summed E-state index contributed by atoms with van der Waals surface area (Å²) in [6, 6.07) is 7.28. The van der Waals surface area contributed by atoms with E-state index in [0.717, 1.165) is 5.39 Å². The van der Waals surface area contributed by atoms with Crippen molar-refractivity contribution in [2.45, 2.75) is 0 Å². The van der Waals surface area contributed by atoms with E-state index in [4.69, 9.17) is 5.11 Å². The van der Waals surface area contributed by atoms with Crippen LogP contribution in [-0.4, -0.2) is 35.5 Å². The minimum absolute atomic E-state index is 0.0473. The van der Waals surface area contributed by atoms with Gasteiger partial charge in [-0.1, -0.05) is 18.2 Å². The number of benzene rings is 1. The molecule has 0 aliphatic heterocycles. The molecule has 0 bridgehead atoms. The zero-order valence-corrected chi connectivity index (χ0v) is 8.97. The highest BCUT2D eigenvalue weighted by atomic mass is 16.3. The van der Waals surface area contributed by atoms with Crippen LogP contribution in [0.25, 0.3) is 10.8 Å². The van der Waals surface area contributed by atoms with Gasteiger partial charge in [0, 0.05) is 19.0 Å². The van der Waals surface area contributed by atoms with E-state index in [1.165, 1.54) is 0 Å². The van der Waals surface area contributed by atoms with Crippen molar-refractivity contribution in [3.05, 3.63) is 34.6 Å². The van der Waals surface area contributed by atoms with Gasteiger partial charge in [0.25, 0.3) is 5.56 Å². The summed E-state index contributed by atoms with van der Waals surface area (Å²) in [4.78, 5) is 13.3. The fraction of sp³-hybridized carbons (Fsp3) is 0.273. The number of aromatic amines is 1. The molecule has 0 saturated carbocycles. The molecule has 1 aromatic heterocycles. The smallest absolute Gasteiger partial charge is 0.272 e. The lowest BCUT2D eigenvalue weighted by molar-refractivity contribution is 0.304. The van der Waals surface area contributed by atoms with Crippen LogP contribution < -0.4 is 10.5 Å². The van der Waals surface area contributed by atoms with Crippen molar-refractivity contribution in [1.82, 2.24) is 10.2 Å². The predicted octanol–water partition coefficient (Wildman–Crippen LogP) is 0.352. The summed E-state index contributed by atoms with van der Waals surface area (Å²) in [5.74, 6) is 0.671. The van der Waals surface area contributed by atoms with Gasteiger partial charge in [-0.15, -0.1) is 0 Å². The number of aromatic nitrogens is 2. The van der Waals surface area contributed by atoms with Gasteiger partial charge >= 0.3 is 0 Å². The molecule has 0 atom stereocenters. The first-order valence-corrected chi connectivity index (χ1v) is 5.03. The van der Waals surface area contributed by atoms with Gasteiger partial charge in [0.1, 0.15) is 0 Å². The first kappa shape index (κ1) is 10.6. The molecule has 1 aromatic carbocycles. The quantitative estimate of drug-likeness (QED) is 0.781. The number of aliphatic hydroxyl groups excluding tert-OH is 1. The largest absolute Gasteiger partial charge is 0.395 e. The Morgan fingerprint density at radius 1 is 1.38 bits per heavy atom. The van der Waals surface area contributed by atoms with E-state index >= 15 is 0 Å². The van der Waals surface area contributed by atoms with E-state index in [0.29, 0.717) is 17.7 Å². The number of rotatable bonds is 3. The summed E-state index contributed by atoms with van der Waals surface area (Å²) in [7, 11) is 1.82. The average molecular weight is 219 g/mol. The Morgan fingerprint density at radius 3 is 2.75 bits per heavy atom. The van der Waals surface area contributed by atoms with Gasteiger partial charge in [-0.05, 0) is 6.07 Å². The van der Waals surface area contributed by atoms with Gasteiger partial charge in [-0.3, -0.25) is 4.79 Å². The Morgan fingerprint density at radius 2 is 2.06 bits per heavy atom. The summed E-state index contributed by atoms with van der Waals surface area (Å²) >= 11 is 0. The van der Waals surface area contributed by atoms with Crippen LogP contribution in [0.5, 0.6) is 0 Å². The number of nitrogens with one attached hydrogen (secondary N) is 1. The number of fused-ring (bicyclic) bond motifs is 1. The molecule has 16 heavy (non-hydrogen) atoms. The first-order valence-electron chi connectivity index (χ1n) is 5.03. The zero-order chi connectivity index (χ0) is 11.5. The normalized spacial score (nSPS) is 10.6. The lowest BCUT2D eigenvalue weighted by Crippen LogP contribution is -2.24. The Hall–Kier alpha value is -1.88. The molecule has 0 saturated heterocycles. The molecule has 0 radical (unpaired) electrons. The van der Waals surface area contributed by atoms with Gasteiger partial charge in [-0.2, -0.15) is 5.10 Å². The van der Waals surface area contributed by atoms with Crippen LogP contribution in [0.1, 0.15) is 0 Å². The van der Waals surface area contributed by atoms with Crippen molar-refractivity contribution in [3.8, 4) is 0 Å². The lowest BCUT2D eigenvalue weighted by Gasteiger charge is -2.17. The molecular formula is C11H13N3O2. The zero-order valence-electron chi connectivity index (χ0n) is 8.97. The van der Waals surface area contributed by atoms with E-state index < -0.39 is 0 Å². The Labute approximate surface area is 92.3 Å².